The minimum absolute atomic E-state index is 0.176. The molecule has 23 heavy (non-hydrogen) atoms. The van der Waals surface area contributed by atoms with Crippen molar-refractivity contribution in [2.75, 3.05) is 6.61 Å². The average Bonchev–Trinajstić information content (AvgIpc) is 2.43. The number of carbonyl (C=O) groups is 2. The molecule has 0 heterocycles. The lowest BCUT2D eigenvalue weighted by molar-refractivity contribution is -0.289. The fourth-order valence-corrected chi connectivity index (χ4v) is 1.67. The fourth-order valence-electron chi connectivity index (χ4n) is 1.67. The number of rotatable bonds is 6. The van der Waals surface area contributed by atoms with E-state index in [0.29, 0.717) is 0 Å². The maximum atomic E-state index is 13.4. The van der Waals surface area contributed by atoms with Gasteiger partial charge in [0.2, 0.25) is 5.91 Å². The summed E-state index contributed by atoms with van der Waals surface area (Å²) in [4.78, 5) is 22.9. The summed E-state index contributed by atoms with van der Waals surface area (Å²) in [7, 11) is 0. The molecule has 1 aromatic carbocycles. The fraction of sp³-hybridized carbons (Fsp3) is 0.429. The lowest BCUT2D eigenvalue weighted by Crippen LogP contribution is -2.65. The molecule has 0 radical (unpaired) electrons. The van der Waals surface area contributed by atoms with Gasteiger partial charge in [0.1, 0.15) is 5.82 Å². The van der Waals surface area contributed by atoms with E-state index < -0.39 is 36.2 Å². The molecule has 0 saturated heterocycles. The number of halogens is 4. The van der Waals surface area contributed by atoms with E-state index >= 15 is 0 Å². The highest BCUT2D eigenvalue weighted by Crippen LogP contribution is 2.34. The van der Waals surface area contributed by atoms with Gasteiger partial charge in [0, 0.05) is 6.92 Å². The number of ether oxygens (including phenoxy) is 2. The van der Waals surface area contributed by atoms with E-state index in [4.69, 9.17) is 4.74 Å². The van der Waals surface area contributed by atoms with E-state index in [-0.39, 0.29) is 12.2 Å². The first-order chi connectivity index (χ1) is 10.6. The van der Waals surface area contributed by atoms with Crippen LogP contribution in [-0.2, 0) is 25.7 Å². The van der Waals surface area contributed by atoms with Crippen LogP contribution in [0.3, 0.4) is 0 Å². The number of esters is 1. The molecule has 1 rings (SSSR count). The van der Waals surface area contributed by atoms with Crippen LogP contribution in [0.2, 0.25) is 0 Å². The van der Waals surface area contributed by atoms with E-state index in [1.807, 2.05) is 0 Å². The molecule has 1 aromatic rings. The summed E-state index contributed by atoms with van der Waals surface area (Å²) in [6, 6.07) is 4.43. The summed E-state index contributed by atoms with van der Waals surface area (Å²) in [6.07, 6.45) is -5.26. The van der Waals surface area contributed by atoms with E-state index in [0.717, 1.165) is 19.1 Å². The summed E-state index contributed by atoms with van der Waals surface area (Å²) in [5.41, 5.74) is -3.46. The zero-order valence-corrected chi connectivity index (χ0v) is 12.4. The third-order valence-corrected chi connectivity index (χ3v) is 2.68. The van der Waals surface area contributed by atoms with Gasteiger partial charge in [0.25, 0.3) is 0 Å². The third-order valence-electron chi connectivity index (χ3n) is 2.68. The van der Waals surface area contributed by atoms with Crippen LogP contribution in [0.4, 0.5) is 17.6 Å². The molecule has 1 atom stereocenters. The second-order valence-corrected chi connectivity index (χ2v) is 4.50. The first-order valence-electron chi connectivity index (χ1n) is 6.53. The van der Waals surface area contributed by atoms with Gasteiger partial charge in [0.15, 0.2) is 0 Å². The molecule has 0 spiro atoms. The minimum atomic E-state index is -5.26. The maximum absolute atomic E-state index is 13.4. The number of hydrogen-bond donors (Lipinski definition) is 1. The smallest absolute Gasteiger partial charge is 0.448 e. The predicted molar refractivity (Wildman–Crippen MR) is 70.4 cm³/mol. The van der Waals surface area contributed by atoms with Crippen molar-refractivity contribution in [2.24, 2.45) is 0 Å². The van der Waals surface area contributed by atoms with Crippen LogP contribution in [-0.4, -0.2) is 30.4 Å². The number of nitrogens with one attached hydrogen (secondary N) is 1. The lowest BCUT2D eigenvalue weighted by atomic mass is 10.2. The Bertz CT molecular complexity index is 559. The van der Waals surface area contributed by atoms with Crippen molar-refractivity contribution in [1.29, 1.82) is 0 Å². The Balaban J connectivity index is 3.12. The molecule has 5 nitrogen and oxygen atoms in total. The molecule has 0 fully saturated rings. The second-order valence-electron chi connectivity index (χ2n) is 4.50. The SMILES string of the molecule is CCOC(=O)[C@@](NC(C)=O)(OCc1ccc(F)cc1)C(F)(F)F. The number of amides is 1. The molecule has 0 bridgehead atoms. The predicted octanol–water partition coefficient (Wildman–Crippen LogP) is 2.30. The molecule has 9 heteroatoms. The number of carbonyl (C=O) groups excluding carboxylic acids is 2. The Morgan fingerprint density at radius 1 is 1.17 bits per heavy atom. The molecule has 0 aliphatic carbocycles. The third kappa shape index (κ3) is 4.65. The molecule has 0 unspecified atom stereocenters. The number of hydrogen-bond acceptors (Lipinski definition) is 4. The maximum Gasteiger partial charge on any atom is 0.448 e. The Morgan fingerprint density at radius 2 is 1.74 bits per heavy atom. The largest absolute Gasteiger partial charge is 0.462 e. The molecular weight excluding hydrogens is 322 g/mol. The van der Waals surface area contributed by atoms with Crippen LogP contribution >= 0.6 is 0 Å². The summed E-state index contributed by atoms with van der Waals surface area (Å²) in [6.45, 7) is 1.09. The number of alkyl halides is 3. The van der Waals surface area contributed by atoms with Crippen LogP contribution in [0.1, 0.15) is 19.4 Å². The van der Waals surface area contributed by atoms with Crippen molar-refractivity contribution < 1.29 is 36.6 Å². The summed E-state index contributed by atoms with van der Waals surface area (Å²) in [5.74, 6) is -3.50. The van der Waals surface area contributed by atoms with Crippen molar-refractivity contribution >= 4 is 11.9 Å². The molecule has 128 valence electrons. The van der Waals surface area contributed by atoms with Crippen molar-refractivity contribution in [3.8, 4) is 0 Å². The Morgan fingerprint density at radius 3 is 2.17 bits per heavy atom. The van der Waals surface area contributed by atoms with Gasteiger partial charge >= 0.3 is 17.9 Å². The zero-order valence-electron chi connectivity index (χ0n) is 12.4. The monoisotopic (exact) mass is 337 g/mol. The van der Waals surface area contributed by atoms with E-state index in [1.54, 1.807) is 0 Å². The lowest BCUT2D eigenvalue weighted by Gasteiger charge is -2.33. The second kappa shape index (κ2) is 7.40. The Labute approximate surface area is 129 Å². The van der Waals surface area contributed by atoms with Gasteiger partial charge in [-0.1, -0.05) is 12.1 Å². The average molecular weight is 337 g/mol. The van der Waals surface area contributed by atoms with Gasteiger partial charge in [-0.15, -0.1) is 0 Å². The van der Waals surface area contributed by atoms with Crippen molar-refractivity contribution in [3.05, 3.63) is 35.6 Å². The van der Waals surface area contributed by atoms with Crippen LogP contribution in [0.5, 0.6) is 0 Å². The highest BCUT2D eigenvalue weighted by atomic mass is 19.4. The number of benzene rings is 1. The highest BCUT2D eigenvalue weighted by molar-refractivity contribution is 5.86. The first-order valence-corrected chi connectivity index (χ1v) is 6.53. The minimum Gasteiger partial charge on any atom is -0.462 e. The molecule has 0 saturated carbocycles. The summed E-state index contributed by atoms with van der Waals surface area (Å²) >= 11 is 0. The van der Waals surface area contributed by atoms with Gasteiger partial charge in [-0.3, -0.25) is 4.79 Å². The standard InChI is InChI=1S/C14H15F4NO4/c1-3-22-12(21)13(14(16,17)18,19-9(2)20)23-8-10-4-6-11(15)7-5-10/h4-7H,3,8H2,1-2H3,(H,19,20)/t13-/m1/s1. The van der Waals surface area contributed by atoms with Crippen molar-refractivity contribution in [3.63, 3.8) is 0 Å². The summed E-state index contributed by atoms with van der Waals surface area (Å²) in [5, 5.41) is 1.46. The topological polar surface area (TPSA) is 64.6 Å². The van der Waals surface area contributed by atoms with Crippen molar-refractivity contribution in [2.45, 2.75) is 32.4 Å². The summed E-state index contributed by atoms with van der Waals surface area (Å²) < 4.78 is 62.0. The zero-order chi connectivity index (χ0) is 17.7. The van der Waals surface area contributed by atoms with Gasteiger partial charge in [-0.25, -0.2) is 9.18 Å². The van der Waals surface area contributed by atoms with E-state index in [2.05, 4.69) is 4.74 Å². The van der Waals surface area contributed by atoms with Gasteiger partial charge < -0.3 is 14.8 Å². The molecule has 0 aliphatic heterocycles. The van der Waals surface area contributed by atoms with Gasteiger partial charge in [-0.05, 0) is 24.6 Å². The van der Waals surface area contributed by atoms with E-state index in [1.165, 1.54) is 24.4 Å². The van der Waals surface area contributed by atoms with Crippen LogP contribution in [0.15, 0.2) is 24.3 Å². The molecule has 1 amide bonds. The normalized spacial score (nSPS) is 14.0. The van der Waals surface area contributed by atoms with E-state index in [9.17, 15) is 27.2 Å². The Kier molecular flexibility index (Phi) is 6.08. The Hall–Kier alpha value is -2.16. The molecule has 0 aromatic heterocycles. The first kappa shape index (κ1) is 18.9. The van der Waals surface area contributed by atoms with Crippen LogP contribution in [0, 0.1) is 5.82 Å². The molecule has 1 N–H and O–H groups in total. The van der Waals surface area contributed by atoms with Crippen LogP contribution in [0.25, 0.3) is 0 Å². The highest BCUT2D eigenvalue weighted by Gasteiger charge is 2.64. The molecular formula is C14H15F4NO4. The van der Waals surface area contributed by atoms with Crippen LogP contribution < -0.4 is 5.32 Å². The quantitative estimate of drug-likeness (QED) is 0.491. The van der Waals surface area contributed by atoms with Gasteiger partial charge in [0.05, 0.1) is 13.2 Å². The van der Waals surface area contributed by atoms with Crippen molar-refractivity contribution in [1.82, 2.24) is 5.32 Å². The van der Waals surface area contributed by atoms with Gasteiger partial charge in [-0.2, -0.15) is 13.2 Å². The molecule has 0 aliphatic rings.